The Bertz CT molecular complexity index is 475. The first kappa shape index (κ1) is 17.4. The van der Waals surface area contributed by atoms with Crippen molar-refractivity contribution in [2.75, 3.05) is 13.1 Å². The summed E-state index contributed by atoms with van der Waals surface area (Å²) in [5.41, 5.74) is 0.310. The molecule has 4 bridgehead atoms. The van der Waals surface area contributed by atoms with E-state index in [9.17, 15) is 9.59 Å². The van der Waals surface area contributed by atoms with Crippen molar-refractivity contribution in [1.29, 1.82) is 0 Å². The van der Waals surface area contributed by atoms with Crippen LogP contribution >= 0.6 is 0 Å². The standard InChI is InChI=1S/C21H34N2O2/c24-19(22-6-7-23-20(25)18-4-2-1-3-5-18)14-21-11-15-8-16(12-21)10-17(9-15)13-21/h15-18H,1-14H2,(H,22,24)(H,23,25). The Morgan fingerprint density at radius 2 is 1.36 bits per heavy atom. The molecule has 4 heteroatoms. The van der Waals surface area contributed by atoms with Gasteiger partial charge in [0, 0.05) is 25.4 Å². The molecule has 0 saturated heterocycles. The second-order valence-electron chi connectivity index (χ2n) is 9.57. The lowest BCUT2D eigenvalue weighted by Gasteiger charge is -2.56. The Morgan fingerprint density at radius 1 is 0.800 bits per heavy atom. The molecule has 0 radical (unpaired) electrons. The molecule has 0 heterocycles. The van der Waals surface area contributed by atoms with E-state index < -0.39 is 0 Å². The maximum atomic E-state index is 12.5. The number of carbonyl (C=O) groups is 2. The molecular weight excluding hydrogens is 312 g/mol. The molecule has 0 aromatic carbocycles. The molecule has 0 aromatic rings. The third-order valence-electron chi connectivity index (χ3n) is 7.42. The summed E-state index contributed by atoms with van der Waals surface area (Å²) in [6.07, 6.45) is 14.5. The Kier molecular flexibility index (Phi) is 5.06. The Balaban J connectivity index is 1.17. The second-order valence-corrected chi connectivity index (χ2v) is 9.57. The predicted octanol–water partition coefficient (Wildman–Crippen LogP) is 3.41. The smallest absolute Gasteiger partial charge is 0.223 e. The highest BCUT2D eigenvalue weighted by molar-refractivity contribution is 5.79. The highest BCUT2D eigenvalue weighted by Gasteiger charge is 2.51. The fourth-order valence-electron chi connectivity index (χ4n) is 6.81. The summed E-state index contributed by atoms with van der Waals surface area (Å²) in [6, 6.07) is 0. The molecule has 2 N–H and O–H groups in total. The summed E-state index contributed by atoms with van der Waals surface area (Å²) < 4.78 is 0. The Hall–Kier alpha value is -1.06. The molecule has 0 aliphatic heterocycles. The maximum absolute atomic E-state index is 12.5. The third kappa shape index (κ3) is 4.03. The molecule has 0 unspecified atom stereocenters. The lowest BCUT2D eigenvalue weighted by Crippen LogP contribution is -2.48. The lowest BCUT2D eigenvalue weighted by molar-refractivity contribution is -0.130. The van der Waals surface area contributed by atoms with E-state index in [1.807, 2.05) is 0 Å². The number of amides is 2. The van der Waals surface area contributed by atoms with E-state index in [2.05, 4.69) is 10.6 Å². The van der Waals surface area contributed by atoms with Crippen LogP contribution in [0.3, 0.4) is 0 Å². The van der Waals surface area contributed by atoms with Crippen LogP contribution < -0.4 is 10.6 Å². The molecule has 5 saturated carbocycles. The molecule has 5 rings (SSSR count). The second kappa shape index (κ2) is 7.28. The van der Waals surface area contributed by atoms with Gasteiger partial charge in [0.25, 0.3) is 0 Å². The molecule has 2 amide bonds. The molecule has 0 spiro atoms. The van der Waals surface area contributed by atoms with Crippen LogP contribution in [0.1, 0.15) is 77.0 Å². The van der Waals surface area contributed by atoms with Gasteiger partial charge in [-0.1, -0.05) is 19.3 Å². The van der Waals surface area contributed by atoms with Gasteiger partial charge in [-0.3, -0.25) is 9.59 Å². The first-order chi connectivity index (χ1) is 12.1. The van der Waals surface area contributed by atoms with Gasteiger partial charge in [-0.2, -0.15) is 0 Å². The number of carbonyl (C=O) groups excluding carboxylic acids is 2. The summed E-state index contributed by atoms with van der Waals surface area (Å²) in [5, 5.41) is 6.08. The molecule has 0 aromatic heterocycles. The van der Waals surface area contributed by atoms with Crippen LogP contribution in [0, 0.1) is 29.1 Å². The zero-order valence-electron chi connectivity index (χ0n) is 15.5. The molecule has 140 valence electrons. The molecule has 25 heavy (non-hydrogen) atoms. The van der Waals surface area contributed by atoms with Gasteiger partial charge in [0.15, 0.2) is 0 Å². The van der Waals surface area contributed by atoms with Crippen LogP contribution in [0.15, 0.2) is 0 Å². The topological polar surface area (TPSA) is 58.2 Å². The van der Waals surface area contributed by atoms with Crippen molar-refractivity contribution in [2.45, 2.75) is 77.0 Å². The summed E-state index contributed by atoms with van der Waals surface area (Å²) in [5.74, 6) is 3.29. The van der Waals surface area contributed by atoms with E-state index >= 15 is 0 Å². The monoisotopic (exact) mass is 346 g/mol. The summed E-state index contributed by atoms with van der Waals surface area (Å²) in [7, 11) is 0. The SMILES string of the molecule is O=C(CC12CC3CC(CC(C3)C1)C2)NCCNC(=O)C1CCCCC1. The Labute approximate surface area is 151 Å². The fourth-order valence-corrected chi connectivity index (χ4v) is 6.81. The highest BCUT2D eigenvalue weighted by Crippen LogP contribution is 2.61. The zero-order valence-corrected chi connectivity index (χ0v) is 15.5. The van der Waals surface area contributed by atoms with Crippen molar-refractivity contribution in [1.82, 2.24) is 10.6 Å². The summed E-state index contributed by atoms with van der Waals surface area (Å²) >= 11 is 0. The predicted molar refractivity (Wildman–Crippen MR) is 97.8 cm³/mol. The molecule has 4 nitrogen and oxygen atoms in total. The van der Waals surface area contributed by atoms with Crippen molar-refractivity contribution in [3.05, 3.63) is 0 Å². The fraction of sp³-hybridized carbons (Fsp3) is 0.905. The quantitative estimate of drug-likeness (QED) is 0.724. The zero-order chi connectivity index (χ0) is 17.3. The van der Waals surface area contributed by atoms with Gasteiger partial charge in [-0.05, 0) is 74.5 Å². The molecule has 0 atom stereocenters. The van der Waals surface area contributed by atoms with Crippen molar-refractivity contribution >= 4 is 11.8 Å². The summed E-state index contributed by atoms with van der Waals surface area (Å²) in [6.45, 7) is 1.14. The van der Waals surface area contributed by atoms with Gasteiger partial charge < -0.3 is 10.6 Å². The van der Waals surface area contributed by atoms with E-state index in [0.717, 1.165) is 30.6 Å². The van der Waals surface area contributed by atoms with Crippen LogP contribution in [-0.4, -0.2) is 24.9 Å². The van der Waals surface area contributed by atoms with Crippen molar-refractivity contribution in [3.8, 4) is 0 Å². The van der Waals surface area contributed by atoms with E-state index in [1.54, 1.807) is 0 Å². The van der Waals surface area contributed by atoms with Crippen LogP contribution in [0.25, 0.3) is 0 Å². The van der Waals surface area contributed by atoms with Crippen LogP contribution in [0.4, 0.5) is 0 Å². The number of rotatable bonds is 6. The summed E-state index contributed by atoms with van der Waals surface area (Å²) in [4.78, 5) is 24.6. The van der Waals surface area contributed by atoms with E-state index in [0.29, 0.717) is 24.9 Å². The third-order valence-corrected chi connectivity index (χ3v) is 7.42. The molecule has 5 aliphatic carbocycles. The first-order valence-electron chi connectivity index (χ1n) is 10.7. The first-order valence-corrected chi connectivity index (χ1v) is 10.7. The van der Waals surface area contributed by atoms with Gasteiger partial charge >= 0.3 is 0 Å². The van der Waals surface area contributed by atoms with Crippen LogP contribution in [-0.2, 0) is 9.59 Å². The number of nitrogens with one attached hydrogen (secondary N) is 2. The minimum Gasteiger partial charge on any atom is -0.354 e. The number of hydrogen-bond acceptors (Lipinski definition) is 2. The average Bonchev–Trinajstić information content (AvgIpc) is 2.57. The van der Waals surface area contributed by atoms with Gasteiger partial charge in [0.05, 0.1) is 0 Å². The van der Waals surface area contributed by atoms with Crippen molar-refractivity contribution < 1.29 is 9.59 Å². The van der Waals surface area contributed by atoms with Gasteiger partial charge in [0.1, 0.15) is 0 Å². The van der Waals surface area contributed by atoms with Crippen molar-refractivity contribution in [2.24, 2.45) is 29.1 Å². The normalized spacial score (nSPS) is 37.0. The van der Waals surface area contributed by atoms with Crippen LogP contribution in [0.2, 0.25) is 0 Å². The molecule has 5 aliphatic rings. The molecular formula is C21H34N2O2. The number of hydrogen-bond donors (Lipinski definition) is 2. The molecule has 5 fully saturated rings. The van der Waals surface area contributed by atoms with Crippen molar-refractivity contribution in [3.63, 3.8) is 0 Å². The highest BCUT2D eigenvalue weighted by atomic mass is 16.2. The maximum Gasteiger partial charge on any atom is 0.223 e. The van der Waals surface area contributed by atoms with E-state index in [-0.39, 0.29) is 17.7 Å². The van der Waals surface area contributed by atoms with E-state index in [1.165, 1.54) is 57.8 Å². The van der Waals surface area contributed by atoms with Gasteiger partial charge in [-0.25, -0.2) is 0 Å². The minimum atomic E-state index is 0.190. The van der Waals surface area contributed by atoms with Gasteiger partial charge in [-0.15, -0.1) is 0 Å². The van der Waals surface area contributed by atoms with Crippen LogP contribution in [0.5, 0.6) is 0 Å². The average molecular weight is 347 g/mol. The Morgan fingerprint density at radius 3 is 1.96 bits per heavy atom. The van der Waals surface area contributed by atoms with E-state index in [4.69, 9.17) is 0 Å². The largest absolute Gasteiger partial charge is 0.354 e. The lowest BCUT2D eigenvalue weighted by atomic mass is 9.49. The van der Waals surface area contributed by atoms with Gasteiger partial charge in [0.2, 0.25) is 11.8 Å². The minimum absolute atomic E-state index is 0.190.